The first-order valence-electron chi connectivity index (χ1n) is 13.2. The van der Waals surface area contributed by atoms with Gasteiger partial charge in [-0.25, -0.2) is 19.0 Å². The molecule has 0 aliphatic carbocycles. The van der Waals surface area contributed by atoms with E-state index in [9.17, 15) is 9.18 Å². The summed E-state index contributed by atoms with van der Waals surface area (Å²) in [5.41, 5.74) is 2.72. The standard InChI is InChI=1S/C29H31Cl2FN6O/c1-18(2)5-10-25-33-27(26-19(3)35-38(28(26)34-25)24-8-6-23(32)7-9-24)36-11-4-12-37(14-13-36)29(39)20-15-21(30)17-22(31)16-20/h6-9,15-18H,4-5,10-14H2,1-3H3. The zero-order valence-electron chi connectivity index (χ0n) is 22.3. The summed E-state index contributed by atoms with van der Waals surface area (Å²) >= 11 is 12.3. The van der Waals surface area contributed by atoms with Crippen molar-refractivity contribution < 1.29 is 9.18 Å². The lowest BCUT2D eigenvalue weighted by atomic mass is 10.1. The molecule has 0 bridgehead atoms. The molecule has 3 heterocycles. The van der Waals surface area contributed by atoms with Crippen molar-refractivity contribution in [3.05, 3.63) is 75.4 Å². The Morgan fingerprint density at radius 3 is 2.41 bits per heavy atom. The van der Waals surface area contributed by atoms with Crippen molar-refractivity contribution in [2.75, 3.05) is 31.1 Å². The molecule has 1 saturated heterocycles. The first-order chi connectivity index (χ1) is 18.7. The Kier molecular flexibility index (Phi) is 8.05. The fraction of sp³-hybridized carbons (Fsp3) is 0.379. The van der Waals surface area contributed by atoms with Crippen LogP contribution in [0.4, 0.5) is 10.2 Å². The zero-order valence-corrected chi connectivity index (χ0v) is 23.8. The maximum absolute atomic E-state index is 13.6. The van der Waals surface area contributed by atoms with Crippen molar-refractivity contribution in [1.82, 2.24) is 24.6 Å². The summed E-state index contributed by atoms with van der Waals surface area (Å²) in [5, 5.41) is 6.53. The number of benzene rings is 2. The smallest absolute Gasteiger partial charge is 0.254 e. The van der Waals surface area contributed by atoms with Crippen molar-refractivity contribution in [3.8, 4) is 5.69 Å². The molecule has 1 aliphatic heterocycles. The van der Waals surface area contributed by atoms with Gasteiger partial charge in [-0.05, 0) is 68.1 Å². The second-order valence-corrected chi connectivity index (χ2v) is 11.2. The Hall–Kier alpha value is -3.23. The van der Waals surface area contributed by atoms with Crippen LogP contribution >= 0.6 is 23.2 Å². The molecular weight excluding hydrogens is 538 g/mol. The van der Waals surface area contributed by atoms with E-state index in [-0.39, 0.29) is 11.7 Å². The van der Waals surface area contributed by atoms with Crippen LogP contribution in [0.2, 0.25) is 10.0 Å². The van der Waals surface area contributed by atoms with Gasteiger partial charge in [-0.1, -0.05) is 37.0 Å². The number of hydrogen-bond acceptors (Lipinski definition) is 5. The van der Waals surface area contributed by atoms with Crippen LogP contribution in [0.1, 0.15) is 48.6 Å². The first-order valence-corrected chi connectivity index (χ1v) is 14.0. The molecule has 39 heavy (non-hydrogen) atoms. The molecule has 2 aromatic carbocycles. The SMILES string of the molecule is Cc1nn(-c2ccc(F)cc2)c2nc(CCC(C)C)nc(N3CCCN(C(=O)c4cc(Cl)cc(Cl)c4)CC3)c12. The molecule has 10 heteroatoms. The Morgan fingerprint density at radius 2 is 1.72 bits per heavy atom. The number of halogens is 3. The molecule has 1 fully saturated rings. The van der Waals surface area contributed by atoms with Crippen molar-refractivity contribution in [1.29, 1.82) is 0 Å². The molecule has 0 spiro atoms. The number of amides is 1. The van der Waals surface area contributed by atoms with E-state index in [0.29, 0.717) is 46.8 Å². The van der Waals surface area contributed by atoms with Gasteiger partial charge in [0.2, 0.25) is 0 Å². The molecule has 0 saturated carbocycles. The number of hydrogen-bond donors (Lipinski definition) is 0. The van der Waals surface area contributed by atoms with E-state index in [1.54, 1.807) is 35.0 Å². The minimum absolute atomic E-state index is 0.0907. The molecule has 0 atom stereocenters. The van der Waals surface area contributed by atoms with Gasteiger partial charge in [0, 0.05) is 48.2 Å². The Labute approximate surface area is 237 Å². The number of anilines is 1. The van der Waals surface area contributed by atoms with E-state index >= 15 is 0 Å². The van der Waals surface area contributed by atoms with E-state index < -0.39 is 0 Å². The number of aryl methyl sites for hydroxylation is 2. The lowest BCUT2D eigenvalue weighted by Gasteiger charge is -2.24. The van der Waals surface area contributed by atoms with E-state index in [0.717, 1.165) is 54.2 Å². The van der Waals surface area contributed by atoms with Crippen molar-refractivity contribution in [3.63, 3.8) is 0 Å². The predicted molar refractivity (Wildman–Crippen MR) is 154 cm³/mol. The summed E-state index contributed by atoms with van der Waals surface area (Å²) in [5.74, 6) is 1.69. The summed E-state index contributed by atoms with van der Waals surface area (Å²) in [7, 11) is 0. The average molecular weight is 570 g/mol. The number of nitrogens with zero attached hydrogens (tertiary/aromatic N) is 6. The predicted octanol–water partition coefficient (Wildman–Crippen LogP) is 6.51. The van der Waals surface area contributed by atoms with Crippen LogP contribution in [0.3, 0.4) is 0 Å². The van der Waals surface area contributed by atoms with Crippen LogP contribution in [-0.4, -0.2) is 56.7 Å². The highest BCUT2D eigenvalue weighted by Crippen LogP contribution is 2.30. The van der Waals surface area contributed by atoms with Crippen LogP contribution < -0.4 is 4.90 Å². The molecule has 2 aromatic heterocycles. The van der Waals surface area contributed by atoms with E-state index in [4.69, 9.17) is 38.3 Å². The second kappa shape index (κ2) is 11.5. The molecule has 204 valence electrons. The molecule has 0 unspecified atom stereocenters. The van der Waals surface area contributed by atoms with Crippen LogP contribution in [0.15, 0.2) is 42.5 Å². The number of carbonyl (C=O) groups is 1. The molecule has 1 amide bonds. The van der Waals surface area contributed by atoms with E-state index in [1.807, 2.05) is 11.8 Å². The summed E-state index contributed by atoms with van der Waals surface area (Å²) in [6, 6.07) is 11.2. The monoisotopic (exact) mass is 568 g/mol. The lowest BCUT2D eigenvalue weighted by Crippen LogP contribution is -2.35. The third-order valence-corrected chi connectivity index (χ3v) is 7.37. The van der Waals surface area contributed by atoms with Gasteiger partial charge in [-0.3, -0.25) is 4.79 Å². The number of fused-ring (bicyclic) bond motifs is 1. The van der Waals surface area contributed by atoms with Crippen LogP contribution in [0, 0.1) is 18.7 Å². The number of aromatic nitrogens is 4. The van der Waals surface area contributed by atoms with Crippen LogP contribution in [0.25, 0.3) is 16.7 Å². The third kappa shape index (κ3) is 6.02. The number of rotatable bonds is 6. The fourth-order valence-electron chi connectivity index (χ4n) is 4.92. The maximum atomic E-state index is 13.6. The van der Waals surface area contributed by atoms with Crippen LogP contribution in [-0.2, 0) is 6.42 Å². The zero-order chi connectivity index (χ0) is 27.7. The largest absolute Gasteiger partial charge is 0.354 e. The maximum Gasteiger partial charge on any atom is 0.254 e. The first kappa shape index (κ1) is 27.3. The van der Waals surface area contributed by atoms with Crippen molar-refractivity contribution >= 4 is 46.0 Å². The molecule has 5 rings (SSSR count). The summed E-state index contributed by atoms with van der Waals surface area (Å²) in [6.07, 6.45) is 2.47. The second-order valence-electron chi connectivity index (χ2n) is 10.4. The van der Waals surface area contributed by atoms with Gasteiger partial charge in [0.05, 0.1) is 16.8 Å². The van der Waals surface area contributed by atoms with E-state index in [2.05, 4.69) is 18.7 Å². The summed E-state index contributed by atoms with van der Waals surface area (Å²) in [6.45, 7) is 8.79. The number of carbonyl (C=O) groups excluding carboxylic acids is 1. The minimum atomic E-state index is -0.302. The third-order valence-electron chi connectivity index (χ3n) is 6.94. The fourth-order valence-corrected chi connectivity index (χ4v) is 5.44. The Balaban J connectivity index is 1.50. The van der Waals surface area contributed by atoms with Crippen molar-refractivity contribution in [2.45, 2.75) is 40.0 Å². The highest BCUT2D eigenvalue weighted by atomic mass is 35.5. The van der Waals surface area contributed by atoms with E-state index in [1.165, 1.54) is 12.1 Å². The molecule has 0 radical (unpaired) electrons. The van der Waals surface area contributed by atoms with Gasteiger partial charge in [0.15, 0.2) is 5.65 Å². The molecular formula is C29H31Cl2FN6O. The lowest BCUT2D eigenvalue weighted by molar-refractivity contribution is 0.0767. The average Bonchev–Trinajstić information content (AvgIpc) is 3.06. The highest BCUT2D eigenvalue weighted by Gasteiger charge is 2.26. The van der Waals surface area contributed by atoms with Gasteiger partial charge in [0.25, 0.3) is 5.91 Å². The summed E-state index contributed by atoms with van der Waals surface area (Å²) < 4.78 is 15.4. The van der Waals surface area contributed by atoms with Gasteiger partial charge in [-0.2, -0.15) is 5.10 Å². The van der Waals surface area contributed by atoms with Crippen LogP contribution in [0.5, 0.6) is 0 Å². The van der Waals surface area contributed by atoms with Gasteiger partial charge in [0.1, 0.15) is 17.5 Å². The van der Waals surface area contributed by atoms with Crippen molar-refractivity contribution in [2.24, 2.45) is 5.92 Å². The molecule has 1 aliphatic rings. The van der Waals surface area contributed by atoms with Gasteiger partial charge >= 0.3 is 0 Å². The minimum Gasteiger partial charge on any atom is -0.354 e. The highest BCUT2D eigenvalue weighted by molar-refractivity contribution is 6.35. The molecule has 7 nitrogen and oxygen atoms in total. The van der Waals surface area contributed by atoms with Gasteiger partial charge < -0.3 is 9.80 Å². The Bertz CT molecular complexity index is 1480. The quantitative estimate of drug-likeness (QED) is 0.265. The normalized spacial score (nSPS) is 14.3. The summed E-state index contributed by atoms with van der Waals surface area (Å²) in [4.78, 5) is 27.3. The molecule has 0 N–H and O–H groups in total. The topological polar surface area (TPSA) is 67.2 Å². The van der Waals surface area contributed by atoms with Gasteiger partial charge in [-0.15, -0.1) is 0 Å². The Morgan fingerprint density at radius 1 is 1.00 bits per heavy atom. The molecule has 4 aromatic rings.